The van der Waals surface area contributed by atoms with E-state index in [0.717, 1.165) is 0 Å². The first kappa shape index (κ1) is 8.85. The van der Waals surface area contributed by atoms with E-state index in [2.05, 4.69) is 41.4 Å². The van der Waals surface area contributed by atoms with Crippen LogP contribution < -0.4 is 0 Å². The Morgan fingerprint density at radius 1 is 1.27 bits per heavy atom. The van der Waals surface area contributed by atoms with Crippen LogP contribution in [0.2, 0.25) is 9.38 Å². The predicted molar refractivity (Wildman–Crippen MR) is 51.9 cm³/mol. The zero-order valence-electron chi connectivity index (χ0n) is 6.75. The molecule has 2 radical (unpaired) electrons. The van der Waals surface area contributed by atoms with E-state index in [1.807, 2.05) is 6.07 Å². The zero-order chi connectivity index (χ0) is 7.94. The molecular weight excluding hydrogens is 239 g/mol. The molecule has 0 fully saturated rings. The summed E-state index contributed by atoms with van der Waals surface area (Å²) in [7, 11) is 0. The van der Waals surface area contributed by atoms with Gasteiger partial charge in [0, 0.05) is 0 Å². The molecule has 0 spiro atoms. The number of hydrogen-bond acceptors (Lipinski definition) is 0. The molecule has 0 heterocycles. The van der Waals surface area contributed by atoms with Crippen LogP contribution >= 0.6 is 0 Å². The van der Waals surface area contributed by atoms with Crippen molar-refractivity contribution in [1.82, 2.24) is 0 Å². The predicted octanol–water partition coefficient (Wildman–Crippen LogP) is 2.87. The van der Waals surface area contributed by atoms with Crippen LogP contribution in [0.4, 0.5) is 0 Å². The molecule has 0 unspecified atom stereocenters. The summed E-state index contributed by atoms with van der Waals surface area (Å²) >= 11 is -0.0159. The van der Waals surface area contributed by atoms with E-state index in [1.54, 1.807) is 0 Å². The Morgan fingerprint density at radius 3 is 2.64 bits per heavy atom. The van der Waals surface area contributed by atoms with Gasteiger partial charge in [-0.3, -0.25) is 0 Å². The second kappa shape index (κ2) is 5.41. The van der Waals surface area contributed by atoms with Gasteiger partial charge in [-0.15, -0.1) is 0 Å². The van der Waals surface area contributed by atoms with Crippen LogP contribution in [0.3, 0.4) is 0 Å². The van der Waals surface area contributed by atoms with Crippen LogP contribution in [-0.2, 0) is 0 Å². The first-order valence-corrected chi connectivity index (χ1v) is 8.67. The van der Waals surface area contributed by atoms with E-state index in [-0.39, 0.29) is 21.1 Å². The van der Waals surface area contributed by atoms with Crippen molar-refractivity contribution in [2.24, 2.45) is 0 Å². The van der Waals surface area contributed by atoms with Gasteiger partial charge in [0.2, 0.25) is 0 Å². The fraction of sp³-hybridized carbons (Fsp3) is 0.200. The van der Waals surface area contributed by atoms with Gasteiger partial charge in [-0.1, -0.05) is 0 Å². The normalized spacial score (nSPS) is 10.6. The summed E-state index contributed by atoms with van der Waals surface area (Å²) in [6.45, 7) is 0. The zero-order valence-corrected chi connectivity index (χ0v) is 9.60. The first-order valence-electron chi connectivity index (χ1n) is 3.79. The van der Waals surface area contributed by atoms with Crippen molar-refractivity contribution >= 4 is 27.2 Å². The van der Waals surface area contributed by atoms with Crippen molar-refractivity contribution in [2.75, 3.05) is 0 Å². The van der Waals surface area contributed by atoms with E-state index >= 15 is 0 Å². The molecule has 1 aromatic carbocycles. The Balaban J connectivity index is 2.50. The van der Waals surface area contributed by atoms with Gasteiger partial charge in [0.15, 0.2) is 0 Å². The molecule has 0 aromatic heterocycles. The van der Waals surface area contributed by atoms with E-state index in [0.29, 0.717) is 0 Å². The maximum atomic E-state index is 2.36. The Hall–Kier alpha value is -0.241. The maximum absolute atomic E-state index is 2.36. The van der Waals surface area contributed by atoms with Crippen molar-refractivity contribution in [2.45, 2.75) is 9.38 Å². The van der Waals surface area contributed by atoms with Crippen molar-refractivity contribution in [3.63, 3.8) is 0 Å². The third-order valence-electron chi connectivity index (χ3n) is 1.43. The van der Waals surface area contributed by atoms with Crippen molar-refractivity contribution in [3.8, 4) is 0 Å². The summed E-state index contributed by atoms with van der Waals surface area (Å²) in [4.78, 5) is 2.36. The van der Waals surface area contributed by atoms with Crippen molar-refractivity contribution in [3.05, 3.63) is 42.0 Å². The molecule has 56 valence electrons. The average Bonchev–Trinajstić information content (AvgIpc) is 2.07. The van der Waals surface area contributed by atoms with Gasteiger partial charge in [0.25, 0.3) is 0 Å². The fourth-order valence-corrected chi connectivity index (χ4v) is 1.89. The molecule has 0 nitrogen and oxygen atoms in total. The summed E-state index contributed by atoms with van der Waals surface area (Å²) in [5.74, 6) is 0. The molecule has 0 aliphatic rings. The Bertz CT molecular complexity index is 214. The molecule has 0 amide bonds. The third kappa shape index (κ3) is 3.61. The van der Waals surface area contributed by atoms with Crippen molar-refractivity contribution in [1.29, 1.82) is 0 Å². The standard InChI is InChI=1S/C9H9.CH3.Sn/c1-2-6-9-7-4-3-5-8-9;;/h2-8H,1H2;1H3;. The van der Waals surface area contributed by atoms with Crippen LogP contribution in [0.5, 0.6) is 0 Å². The first-order chi connectivity index (χ1) is 5.43. The molecule has 0 aliphatic heterocycles. The molecule has 0 aliphatic carbocycles. The number of hydrogen-bond donors (Lipinski definition) is 0. The summed E-state index contributed by atoms with van der Waals surface area (Å²) in [6, 6.07) is 10.5. The van der Waals surface area contributed by atoms with Crippen LogP contribution in [0, 0.1) is 0 Å². The Labute approximate surface area is 78.5 Å². The minimum absolute atomic E-state index is 0.0159. The monoisotopic (exact) mass is 252 g/mol. The Kier molecular flexibility index (Phi) is 4.36. The van der Waals surface area contributed by atoms with E-state index in [4.69, 9.17) is 0 Å². The quantitative estimate of drug-likeness (QED) is 0.724. The van der Waals surface area contributed by atoms with Gasteiger partial charge < -0.3 is 0 Å². The van der Waals surface area contributed by atoms with Crippen LogP contribution in [-0.4, -0.2) is 21.1 Å². The number of rotatable bonds is 3. The second-order valence-electron chi connectivity index (χ2n) is 2.37. The molecule has 0 bridgehead atoms. The van der Waals surface area contributed by atoms with E-state index in [1.165, 1.54) is 10.0 Å². The summed E-state index contributed by atoms with van der Waals surface area (Å²) in [5, 5.41) is 0. The molecule has 11 heavy (non-hydrogen) atoms. The summed E-state index contributed by atoms with van der Waals surface area (Å²) < 4.78 is 1.35. The van der Waals surface area contributed by atoms with E-state index in [9.17, 15) is 0 Å². The molecule has 1 heteroatoms. The van der Waals surface area contributed by atoms with Crippen LogP contribution in [0.1, 0.15) is 5.56 Å². The third-order valence-corrected chi connectivity index (χ3v) is 3.27. The molecule has 0 atom stereocenters. The van der Waals surface area contributed by atoms with Gasteiger partial charge in [-0.25, -0.2) is 0 Å². The molecule has 1 rings (SSSR count). The summed E-state index contributed by atoms with van der Waals surface area (Å²) in [5.41, 5.74) is 1.32. The van der Waals surface area contributed by atoms with Gasteiger partial charge >= 0.3 is 78.6 Å². The number of allylic oxidation sites excluding steroid dienone is 1. The van der Waals surface area contributed by atoms with Gasteiger partial charge in [0.1, 0.15) is 0 Å². The van der Waals surface area contributed by atoms with Crippen molar-refractivity contribution < 1.29 is 0 Å². The molecule has 0 saturated heterocycles. The topological polar surface area (TPSA) is 0 Å². The molecule has 0 N–H and O–H groups in total. The van der Waals surface area contributed by atoms with Crippen LogP contribution in [0.15, 0.2) is 36.4 Å². The van der Waals surface area contributed by atoms with Crippen LogP contribution in [0.25, 0.3) is 6.08 Å². The fourth-order valence-electron chi connectivity index (χ4n) is 0.877. The van der Waals surface area contributed by atoms with E-state index < -0.39 is 0 Å². The summed E-state index contributed by atoms with van der Waals surface area (Å²) in [6.07, 6.45) is 4.51. The second-order valence-corrected chi connectivity index (χ2v) is 5.55. The molecule has 1 aromatic rings. The van der Waals surface area contributed by atoms with Gasteiger partial charge in [-0.05, 0) is 0 Å². The molecular formula is C10H12Sn. The molecule has 0 saturated carbocycles. The minimum atomic E-state index is -0.0159. The average molecular weight is 251 g/mol. The number of benzene rings is 1. The van der Waals surface area contributed by atoms with Gasteiger partial charge in [0.05, 0.1) is 0 Å². The SMILES string of the molecule is [CH3][Sn][CH2]C=Cc1ccccc1. The van der Waals surface area contributed by atoms with Gasteiger partial charge in [-0.2, -0.15) is 0 Å². The Morgan fingerprint density at radius 2 is 2.00 bits per heavy atom.